The quantitative estimate of drug-likeness (QED) is 0.260. The Morgan fingerprint density at radius 1 is 1.11 bits per heavy atom. The second kappa shape index (κ2) is 11.1. The number of halogens is 1. The maximum atomic E-state index is 13.4. The third-order valence-electron chi connectivity index (χ3n) is 6.23. The number of thiophene rings is 1. The summed E-state index contributed by atoms with van der Waals surface area (Å²) < 4.78 is 18.0. The summed E-state index contributed by atoms with van der Waals surface area (Å²) in [5, 5.41) is 8.22. The third kappa shape index (κ3) is 5.15. The first kappa shape index (κ1) is 25.5. The third-order valence-corrected chi connectivity index (χ3v) is 8.27. The van der Waals surface area contributed by atoms with Crippen molar-refractivity contribution in [3.8, 4) is 11.5 Å². The number of carbonyl (C=O) groups is 1. The van der Waals surface area contributed by atoms with Crippen molar-refractivity contribution in [2.24, 2.45) is 0 Å². The zero-order valence-electron chi connectivity index (χ0n) is 20.6. The summed E-state index contributed by atoms with van der Waals surface area (Å²) in [7, 11) is 3.18. The molecule has 1 fully saturated rings. The van der Waals surface area contributed by atoms with Crippen molar-refractivity contribution in [2.75, 3.05) is 56.1 Å². The summed E-state index contributed by atoms with van der Waals surface area (Å²) in [5.74, 6) is 1.65. The van der Waals surface area contributed by atoms with Crippen LogP contribution in [0, 0.1) is 10.5 Å². The van der Waals surface area contributed by atoms with Gasteiger partial charge in [0.1, 0.15) is 17.8 Å². The molecule has 0 atom stereocenters. The monoisotopic (exact) mass is 631 g/mol. The van der Waals surface area contributed by atoms with Gasteiger partial charge in [0.05, 0.1) is 52.5 Å². The van der Waals surface area contributed by atoms with Gasteiger partial charge in [0, 0.05) is 41.5 Å². The molecule has 0 aliphatic carbocycles. The van der Waals surface area contributed by atoms with Crippen molar-refractivity contribution >= 4 is 72.9 Å². The Morgan fingerprint density at radius 2 is 1.84 bits per heavy atom. The molecule has 1 aliphatic heterocycles. The highest BCUT2D eigenvalue weighted by Crippen LogP contribution is 2.39. The maximum Gasteiger partial charge on any atom is 0.258 e. The standard InChI is InChI=1S/C26H26IN5O4S/c1-15-19(34-2)12-20(35-3)21(27)22(15)31-26(33)18-13-37-24-23(18)28-14-29-25(24)30-16-4-6-17(7-5-16)32-8-10-36-11-9-32/h4-7,12-14H,8-11H2,1-3H3,(H,31,33)(H,28,29,30). The van der Waals surface area contributed by atoms with Gasteiger partial charge in [0.15, 0.2) is 5.82 Å². The number of fused-ring (bicyclic) bond motifs is 1. The summed E-state index contributed by atoms with van der Waals surface area (Å²) in [6, 6.07) is 10.0. The summed E-state index contributed by atoms with van der Waals surface area (Å²) in [5.41, 5.74) is 4.60. The number of amides is 1. The average molecular weight is 631 g/mol. The van der Waals surface area contributed by atoms with Gasteiger partial charge in [0.2, 0.25) is 0 Å². The van der Waals surface area contributed by atoms with Gasteiger partial charge in [-0.15, -0.1) is 11.3 Å². The van der Waals surface area contributed by atoms with Crippen molar-refractivity contribution < 1.29 is 19.0 Å². The van der Waals surface area contributed by atoms with Crippen LogP contribution in [0.15, 0.2) is 42.0 Å². The normalized spacial score (nSPS) is 13.5. The molecule has 37 heavy (non-hydrogen) atoms. The molecular weight excluding hydrogens is 605 g/mol. The number of nitrogens with one attached hydrogen (secondary N) is 2. The van der Waals surface area contributed by atoms with E-state index in [1.165, 1.54) is 17.7 Å². The van der Waals surface area contributed by atoms with Gasteiger partial charge in [-0.2, -0.15) is 0 Å². The van der Waals surface area contributed by atoms with E-state index in [-0.39, 0.29) is 5.91 Å². The molecule has 0 unspecified atom stereocenters. The Kier molecular flexibility index (Phi) is 7.63. The lowest BCUT2D eigenvalue weighted by atomic mass is 10.1. The number of aromatic nitrogens is 2. The van der Waals surface area contributed by atoms with Crippen LogP contribution >= 0.6 is 33.9 Å². The van der Waals surface area contributed by atoms with Gasteiger partial charge in [-0.3, -0.25) is 4.79 Å². The first-order valence-electron chi connectivity index (χ1n) is 11.6. The summed E-state index contributed by atoms with van der Waals surface area (Å²) in [6.45, 7) is 5.17. The largest absolute Gasteiger partial charge is 0.496 e. The molecule has 3 heterocycles. The Bertz CT molecular complexity index is 1410. The molecule has 0 bridgehead atoms. The van der Waals surface area contributed by atoms with E-state index in [2.05, 4.69) is 60.2 Å². The number of hydrogen-bond acceptors (Lipinski definition) is 9. The number of rotatable bonds is 7. The number of hydrogen-bond donors (Lipinski definition) is 2. The lowest BCUT2D eigenvalue weighted by Gasteiger charge is -2.28. The second-order valence-electron chi connectivity index (χ2n) is 8.37. The van der Waals surface area contributed by atoms with Crippen LogP contribution in [0.2, 0.25) is 0 Å². The van der Waals surface area contributed by atoms with E-state index in [9.17, 15) is 4.79 Å². The van der Waals surface area contributed by atoms with Gasteiger partial charge < -0.3 is 29.7 Å². The molecule has 9 nitrogen and oxygen atoms in total. The van der Waals surface area contributed by atoms with Crippen LogP contribution < -0.4 is 25.0 Å². The van der Waals surface area contributed by atoms with Crippen molar-refractivity contribution in [2.45, 2.75) is 6.92 Å². The molecule has 0 saturated carbocycles. The fourth-order valence-corrected chi connectivity index (χ4v) is 6.07. The van der Waals surface area contributed by atoms with Gasteiger partial charge >= 0.3 is 0 Å². The van der Waals surface area contributed by atoms with Gasteiger partial charge in [-0.05, 0) is 53.8 Å². The molecule has 0 spiro atoms. The number of methoxy groups -OCH3 is 2. The lowest BCUT2D eigenvalue weighted by molar-refractivity contribution is 0.102. The number of morpholine rings is 1. The maximum absolute atomic E-state index is 13.4. The molecule has 2 aromatic carbocycles. The first-order valence-corrected chi connectivity index (χ1v) is 13.6. The van der Waals surface area contributed by atoms with Crippen LogP contribution in [0.1, 0.15) is 15.9 Å². The van der Waals surface area contributed by atoms with Crippen LogP contribution in [0.4, 0.5) is 22.9 Å². The van der Waals surface area contributed by atoms with Crippen LogP contribution in [-0.2, 0) is 4.74 Å². The number of benzene rings is 2. The molecule has 192 valence electrons. The van der Waals surface area contributed by atoms with E-state index in [1.54, 1.807) is 19.6 Å². The van der Waals surface area contributed by atoms with E-state index >= 15 is 0 Å². The SMILES string of the molecule is COc1cc(OC)c(I)c(NC(=O)c2csc3c(Nc4ccc(N5CCOCC5)cc4)ncnc23)c1C. The smallest absolute Gasteiger partial charge is 0.258 e. The minimum atomic E-state index is -0.262. The van der Waals surface area contributed by atoms with E-state index < -0.39 is 0 Å². The van der Waals surface area contributed by atoms with Crippen LogP contribution in [0.5, 0.6) is 11.5 Å². The zero-order chi connectivity index (χ0) is 25.9. The van der Waals surface area contributed by atoms with Crippen LogP contribution in [0.3, 0.4) is 0 Å². The first-order chi connectivity index (χ1) is 18.0. The predicted octanol–water partition coefficient (Wildman–Crippen LogP) is 5.45. The Morgan fingerprint density at radius 3 is 2.54 bits per heavy atom. The second-order valence-corrected chi connectivity index (χ2v) is 10.3. The molecule has 2 aromatic heterocycles. The van der Waals surface area contributed by atoms with Crippen molar-refractivity contribution in [3.63, 3.8) is 0 Å². The Balaban J connectivity index is 1.39. The van der Waals surface area contributed by atoms with Gasteiger partial charge in [-0.1, -0.05) is 0 Å². The highest BCUT2D eigenvalue weighted by molar-refractivity contribution is 14.1. The Labute approximate surface area is 232 Å². The van der Waals surface area contributed by atoms with Crippen molar-refractivity contribution in [3.05, 3.63) is 56.7 Å². The number of anilines is 4. The summed E-state index contributed by atoms with van der Waals surface area (Å²) >= 11 is 3.59. The van der Waals surface area contributed by atoms with Gasteiger partial charge in [0.25, 0.3) is 5.91 Å². The molecule has 1 saturated heterocycles. The Hall–Kier alpha value is -3.16. The van der Waals surface area contributed by atoms with E-state index in [4.69, 9.17) is 14.2 Å². The molecule has 4 aromatic rings. The lowest BCUT2D eigenvalue weighted by Crippen LogP contribution is -2.36. The number of nitrogens with zero attached hydrogens (tertiary/aromatic N) is 3. The molecule has 2 N–H and O–H groups in total. The van der Waals surface area contributed by atoms with Crippen LogP contribution in [-0.4, -0.2) is 56.4 Å². The van der Waals surface area contributed by atoms with E-state index in [0.29, 0.717) is 34.1 Å². The van der Waals surface area contributed by atoms with Gasteiger partial charge in [-0.25, -0.2) is 9.97 Å². The van der Waals surface area contributed by atoms with E-state index in [1.807, 2.05) is 25.1 Å². The number of carbonyl (C=O) groups excluding carboxylic acids is 1. The molecule has 11 heteroatoms. The fourth-order valence-electron chi connectivity index (χ4n) is 4.21. The van der Waals surface area contributed by atoms with Crippen molar-refractivity contribution in [1.29, 1.82) is 0 Å². The number of ether oxygens (including phenoxy) is 3. The summed E-state index contributed by atoms with van der Waals surface area (Å²) in [6.07, 6.45) is 1.47. The van der Waals surface area contributed by atoms with Crippen LogP contribution in [0.25, 0.3) is 10.2 Å². The molecule has 1 aliphatic rings. The zero-order valence-corrected chi connectivity index (χ0v) is 23.6. The predicted molar refractivity (Wildman–Crippen MR) is 155 cm³/mol. The van der Waals surface area contributed by atoms with Crippen molar-refractivity contribution in [1.82, 2.24) is 9.97 Å². The highest BCUT2D eigenvalue weighted by Gasteiger charge is 2.21. The molecule has 1 amide bonds. The van der Waals surface area contributed by atoms with E-state index in [0.717, 1.165) is 51.5 Å². The summed E-state index contributed by atoms with van der Waals surface area (Å²) in [4.78, 5) is 24.5. The minimum Gasteiger partial charge on any atom is -0.496 e. The molecule has 5 rings (SSSR count). The fraction of sp³-hybridized carbons (Fsp3) is 0.269. The molecular formula is C26H26IN5O4S. The molecule has 0 radical (unpaired) electrons. The topological polar surface area (TPSA) is 97.8 Å². The average Bonchev–Trinajstić information content (AvgIpc) is 3.37. The highest BCUT2D eigenvalue weighted by atomic mass is 127. The minimum absolute atomic E-state index is 0.262.